The van der Waals surface area contributed by atoms with E-state index in [1.807, 2.05) is 34.6 Å². The van der Waals surface area contributed by atoms with Gasteiger partial charge >= 0.3 is 12.1 Å². The van der Waals surface area contributed by atoms with Gasteiger partial charge in [-0.05, 0) is 27.2 Å². The van der Waals surface area contributed by atoms with Crippen LogP contribution >= 0.6 is 0 Å². The number of esters is 1. The van der Waals surface area contributed by atoms with E-state index in [0.717, 1.165) is 0 Å². The van der Waals surface area contributed by atoms with Crippen LogP contribution in [0.15, 0.2) is 12.5 Å². The van der Waals surface area contributed by atoms with Crippen molar-refractivity contribution in [2.24, 2.45) is 5.92 Å². The summed E-state index contributed by atoms with van der Waals surface area (Å²) in [6.07, 6.45) is 2.82. The zero-order chi connectivity index (χ0) is 21.5. The molecule has 9 heteroatoms. The van der Waals surface area contributed by atoms with Gasteiger partial charge in [0.05, 0.1) is 5.52 Å². The van der Waals surface area contributed by atoms with Crippen LogP contribution in [0.25, 0.3) is 11.0 Å². The molecule has 29 heavy (non-hydrogen) atoms. The fourth-order valence-electron chi connectivity index (χ4n) is 4.15. The maximum absolute atomic E-state index is 13.2. The Hall–Kier alpha value is -2.84. The monoisotopic (exact) mass is 403 g/mol. The van der Waals surface area contributed by atoms with Crippen molar-refractivity contribution < 1.29 is 19.1 Å². The van der Waals surface area contributed by atoms with Gasteiger partial charge in [-0.15, -0.1) is 0 Å². The van der Waals surface area contributed by atoms with Crippen LogP contribution in [-0.4, -0.2) is 49.7 Å². The summed E-state index contributed by atoms with van der Waals surface area (Å²) in [4.78, 5) is 38.2. The van der Waals surface area contributed by atoms with Crippen LogP contribution in [0.2, 0.25) is 0 Å². The highest BCUT2D eigenvalue weighted by molar-refractivity contribution is 5.88. The van der Waals surface area contributed by atoms with Crippen LogP contribution in [0, 0.1) is 5.92 Å². The van der Waals surface area contributed by atoms with Crippen LogP contribution in [0.4, 0.5) is 10.6 Å². The van der Waals surface area contributed by atoms with Gasteiger partial charge in [0.2, 0.25) is 0 Å². The highest BCUT2D eigenvalue weighted by atomic mass is 16.6. The van der Waals surface area contributed by atoms with E-state index in [1.54, 1.807) is 11.1 Å². The molecule has 1 aliphatic rings. The molecule has 2 aromatic rings. The Bertz CT molecular complexity index is 919. The Morgan fingerprint density at radius 2 is 2.00 bits per heavy atom. The highest BCUT2D eigenvalue weighted by Crippen LogP contribution is 2.45. The molecule has 9 nitrogen and oxygen atoms in total. The van der Waals surface area contributed by atoms with Gasteiger partial charge in [-0.3, -0.25) is 9.69 Å². The zero-order valence-electron chi connectivity index (χ0n) is 17.7. The number of likely N-dealkylation sites (tertiary alicyclic amines) is 1. The van der Waals surface area contributed by atoms with E-state index in [1.165, 1.54) is 13.3 Å². The lowest BCUT2D eigenvalue weighted by Gasteiger charge is -2.32. The van der Waals surface area contributed by atoms with E-state index in [9.17, 15) is 9.59 Å². The minimum absolute atomic E-state index is 0.0921. The van der Waals surface area contributed by atoms with Crippen molar-refractivity contribution in [2.75, 3.05) is 5.73 Å². The normalized spacial score (nSPS) is 24.7. The molecule has 1 amide bonds. The lowest BCUT2D eigenvalue weighted by molar-refractivity contribution is -0.149. The number of nitrogen functional groups attached to an aromatic ring is 1. The molecular weight excluding hydrogens is 374 g/mol. The Morgan fingerprint density at radius 1 is 1.31 bits per heavy atom. The average molecular weight is 403 g/mol. The first-order chi connectivity index (χ1) is 13.5. The number of nitrogens with zero attached hydrogens (tertiary/aromatic N) is 3. The second kappa shape index (κ2) is 7.53. The molecule has 1 saturated heterocycles. The Labute approximate surface area is 170 Å². The van der Waals surface area contributed by atoms with Crippen molar-refractivity contribution in [2.45, 2.75) is 71.8 Å². The number of nitrogens with one attached hydrogen (secondary N) is 1. The van der Waals surface area contributed by atoms with Crippen LogP contribution in [0.1, 0.15) is 59.6 Å². The topological polar surface area (TPSA) is 123 Å². The first-order valence-electron chi connectivity index (χ1n) is 9.81. The molecule has 158 valence electrons. The molecular formula is C20H29N5O4. The minimum atomic E-state index is -0.657. The summed E-state index contributed by atoms with van der Waals surface area (Å²) in [6.45, 7) is 10.8. The third kappa shape index (κ3) is 3.86. The van der Waals surface area contributed by atoms with Crippen molar-refractivity contribution in [1.29, 1.82) is 0 Å². The number of anilines is 1. The van der Waals surface area contributed by atoms with E-state index in [4.69, 9.17) is 15.2 Å². The number of carbonyl (C=O) groups is 2. The second-order valence-corrected chi connectivity index (χ2v) is 8.47. The maximum Gasteiger partial charge on any atom is 0.411 e. The van der Waals surface area contributed by atoms with Gasteiger partial charge in [0, 0.05) is 30.6 Å². The van der Waals surface area contributed by atoms with Gasteiger partial charge < -0.3 is 20.2 Å². The van der Waals surface area contributed by atoms with Crippen molar-refractivity contribution in [3.8, 4) is 0 Å². The number of amides is 1. The van der Waals surface area contributed by atoms with Crippen LogP contribution in [-0.2, 0) is 14.3 Å². The maximum atomic E-state index is 13.2. The molecule has 0 aromatic carbocycles. The van der Waals surface area contributed by atoms with Crippen LogP contribution in [0.5, 0.6) is 0 Å². The average Bonchev–Trinajstić information content (AvgIpc) is 3.13. The molecule has 4 atom stereocenters. The number of hydrogen-bond acceptors (Lipinski definition) is 7. The fraction of sp³-hybridized carbons (Fsp3) is 0.600. The molecule has 3 heterocycles. The first-order valence-corrected chi connectivity index (χ1v) is 9.81. The summed E-state index contributed by atoms with van der Waals surface area (Å²) in [5.74, 6) is -0.181. The molecule has 1 aliphatic heterocycles. The van der Waals surface area contributed by atoms with E-state index in [-0.39, 0.29) is 12.0 Å². The molecule has 0 spiro atoms. The van der Waals surface area contributed by atoms with Gasteiger partial charge in [-0.2, -0.15) is 0 Å². The highest BCUT2D eigenvalue weighted by Gasteiger charge is 2.52. The van der Waals surface area contributed by atoms with E-state index in [0.29, 0.717) is 28.8 Å². The lowest BCUT2D eigenvalue weighted by Crippen LogP contribution is -2.42. The number of rotatable bonds is 3. The van der Waals surface area contributed by atoms with Crippen molar-refractivity contribution in [3.63, 3.8) is 0 Å². The number of carbonyl (C=O) groups excluding carboxylic acids is 2. The lowest BCUT2D eigenvalue weighted by atomic mass is 9.94. The molecule has 0 saturated carbocycles. The largest absolute Gasteiger partial charge is 0.460 e. The van der Waals surface area contributed by atoms with E-state index in [2.05, 4.69) is 15.0 Å². The summed E-state index contributed by atoms with van der Waals surface area (Å²) in [6, 6.07) is -0.722. The number of fused-ring (bicyclic) bond motifs is 1. The molecule has 2 aromatic heterocycles. The standard InChI is InChI=1S/C20H29N5O4/c1-7-13-10(2)17(28-11(3)26)16(25(13)19(27)29-20(4,5)6)12-8-22-15-14(12)23-9-24-18(15)21/h8-10,13,16-17,22H,7H2,1-6H3,(H2,21,23,24)/t10-,13-,16+,17-/m1/s1. The number of ether oxygens (including phenoxy) is 2. The quantitative estimate of drug-likeness (QED) is 0.754. The summed E-state index contributed by atoms with van der Waals surface area (Å²) in [7, 11) is 0. The molecule has 0 radical (unpaired) electrons. The summed E-state index contributed by atoms with van der Waals surface area (Å²) < 4.78 is 11.4. The van der Waals surface area contributed by atoms with Crippen molar-refractivity contribution in [1.82, 2.24) is 19.9 Å². The summed E-state index contributed by atoms with van der Waals surface area (Å²) in [5, 5.41) is 0. The Balaban J connectivity index is 2.15. The number of nitrogens with two attached hydrogens (primary N) is 1. The van der Waals surface area contributed by atoms with Gasteiger partial charge in [-0.25, -0.2) is 14.8 Å². The zero-order valence-corrected chi connectivity index (χ0v) is 17.7. The van der Waals surface area contributed by atoms with Gasteiger partial charge in [0.25, 0.3) is 0 Å². The van der Waals surface area contributed by atoms with E-state index < -0.39 is 29.8 Å². The minimum Gasteiger partial charge on any atom is -0.460 e. The number of hydrogen-bond donors (Lipinski definition) is 2. The molecule has 1 fully saturated rings. The van der Waals surface area contributed by atoms with Gasteiger partial charge in [0.15, 0.2) is 5.82 Å². The van der Waals surface area contributed by atoms with Crippen LogP contribution in [0.3, 0.4) is 0 Å². The second-order valence-electron chi connectivity index (χ2n) is 8.47. The third-order valence-corrected chi connectivity index (χ3v) is 5.26. The predicted molar refractivity (Wildman–Crippen MR) is 108 cm³/mol. The Kier molecular flexibility index (Phi) is 5.42. The third-order valence-electron chi connectivity index (χ3n) is 5.26. The molecule has 0 unspecified atom stereocenters. The molecule has 3 N–H and O–H groups in total. The molecule has 0 bridgehead atoms. The number of aromatic amines is 1. The smallest absolute Gasteiger partial charge is 0.411 e. The van der Waals surface area contributed by atoms with Crippen molar-refractivity contribution in [3.05, 3.63) is 18.1 Å². The van der Waals surface area contributed by atoms with Gasteiger partial charge in [0.1, 0.15) is 29.6 Å². The van der Waals surface area contributed by atoms with Crippen molar-refractivity contribution >= 4 is 28.9 Å². The number of H-pyrrole nitrogens is 1. The molecule has 0 aliphatic carbocycles. The Morgan fingerprint density at radius 3 is 2.59 bits per heavy atom. The van der Waals surface area contributed by atoms with Gasteiger partial charge in [-0.1, -0.05) is 13.8 Å². The number of aromatic nitrogens is 3. The fourth-order valence-corrected chi connectivity index (χ4v) is 4.15. The molecule has 3 rings (SSSR count). The van der Waals surface area contributed by atoms with E-state index >= 15 is 0 Å². The summed E-state index contributed by atoms with van der Waals surface area (Å²) >= 11 is 0. The first kappa shape index (κ1) is 20.9. The predicted octanol–water partition coefficient (Wildman–Crippen LogP) is 3.18. The van der Waals surface area contributed by atoms with Crippen LogP contribution < -0.4 is 5.73 Å². The summed E-state index contributed by atoms with van der Waals surface area (Å²) in [5.41, 5.74) is 7.21. The SMILES string of the molecule is CC[C@@H]1[C@@H](C)[C@@H](OC(C)=O)[C@H](c2c[nH]c3c(N)ncnc23)N1C(=O)OC(C)(C)C.